The second-order valence-electron chi connectivity index (χ2n) is 4.33. The van der Waals surface area contributed by atoms with Crippen LogP contribution in [0.4, 0.5) is 4.39 Å². The number of benzene rings is 1. The zero-order valence-electron chi connectivity index (χ0n) is 10.2. The molecule has 1 amide bonds. The molecular weight excluding hydrogens is 301 g/mol. The third-order valence-corrected chi connectivity index (χ3v) is 3.36. The molecule has 0 fully saturated rings. The van der Waals surface area contributed by atoms with Gasteiger partial charge in [0.15, 0.2) is 0 Å². The predicted molar refractivity (Wildman–Crippen MR) is 71.7 cm³/mol. The Bertz CT molecular complexity index is 412. The monoisotopic (exact) mass is 317 g/mol. The minimum absolute atomic E-state index is 0.0508. The van der Waals surface area contributed by atoms with Crippen LogP contribution < -0.4 is 5.32 Å². The molecule has 0 saturated carbocycles. The number of aryl methyl sites for hydroxylation is 1. The fourth-order valence-electron chi connectivity index (χ4n) is 1.42. The van der Waals surface area contributed by atoms with Crippen LogP contribution in [0.1, 0.15) is 18.9 Å². The number of rotatable bonds is 6. The summed E-state index contributed by atoms with van der Waals surface area (Å²) in [5.74, 6) is -0.344. The van der Waals surface area contributed by atoms with Crippen molar-refractivity contribution >= 4 is 21.8 Å². The van der Waals surface area contributed by atoms with Gasteiger partial charge in [0, 0.05) is 24.0 Å². The molecule has 0 saturated heterocycles. The van der Waals surface area contributed by atoms with Gasteiger partial charge in [-0.1, -0.05) is 22.9 Å². The Kier molecular flexibility index (Phi) is 6.29. The van der Waals surface area contributed by atoms with Crippen LogP contribution in [0.25, 0.3) is 0 Å². The Hall–Kier alpha value is -0.940. The van der Waals surface area contributed by atoms with Crippen LogP contribution in [0.15, 0.2) is 22.7 Å². The second kappa shape index (κ2) is 7.48. The number of aliphatic hydroxyl groups is 1. The lowest BCUT2D eigenvalue weighted by atomic mass is 10.1. The van der Waals surface area contributed by atoms with Gasteiger partial charge >= 0.3 is 0 Å². The van der Waals surface area contributed by atoms with Gasteiger partial charge in [0.2, 0.25) is 5.91 Å². The Morgan fingerprint density at radius 1 is 1.56 bits per heavy atom. The first-order valence-corrected chi connectivity index (χ1v) is 6.63. The zero-order valence-corrected chi connectivity index (χ0v) is 11.8. The zero-order chi connectivity index (χ0) is 13.5. The molecule has 5 heteroatoms. The van der Waals surface area contributed by atoms with Crippen molar-refractivity contribution < 1.29 is 14.3 Å². The molecule has 0 spiro atoms. The van der Waals surface area contributed by atoms with Gasteiger partial charge in [0.05, 0.1) is 0 Å². The van der Waals surface area contributed by atoms with E-state index >= 15 is 0 Å². The Morgan fingerprint density at radius 2 is 2.28 bits per heavy atom. The van der Waals surface area contributed by atoms with E-state index in [0.717, 1.165) is 10.0 Å². The summed E-state index contributed by atoms with van der Waals surface area (Å²) >= 11 is 3.32. The average Bonchev–Trinajstić information content (AvgIpc) is 2.36. The summed E-state index contributed by atoms with van der Waals surface area (Å²) in [7, 11) is 0. The van der Waals surface area contributed by atoms with Gasteiger partial charge in [-0.25, -0.2) is 4.39 Å². The molecule has 0 aliphatic carbocycles. The highest BCUT2D eigenvalue weighted by molar-refractivity contribution is 9.10. The average molecular weight is 318 g/mol. The molecule has 100 valence electrons. The maximum Gasteiger partial charge on any atom is 0.220 e. The molecule has 0 heterocycles. The third-order valence-electron chi connectivity index (χ3n) is 2.59. The van der Waals surface area contributed by atoms with Crippen LogP contribution in [0.5, 0.6) is 0 Å². The van der Waals surface area contributed by atoms with E-state index in [1.807, 2.05) is 6.92 Å². The molecule has 18 heavy (non-hydrogen) atoms. The molecule has 0 aliphatic rings. The predicted octanol–water partition coefficient (Wildman–Crippen LogP) is 2.27. The van der Waals surface area contributed by atoms with Crippen molar-refractivity contribution in [3.8, 4) is 0 Å². The van der Waals surface area contributed by atoms with E-state index in [1.54, 1.807) is 6.07 Å². The maximum atomic E-state index is 13.0. The first-order chi connectivity index (χ1) is 8.52. The van der Waals surface area contributed by atoms with Gasteiger partial charge in [-0.3, -0.25) is 4.79 Å². The van der Waals surface area contributed by atoms with E-state index in [0.29, 0.717) is 19.4 Å². The first-order valence-electron chi connectivity index (χ1n) is 5.84. The molecule has 1 unspecified atom stereocenters. The first kappa shape index (κ1) is 15.1. The van der Waals surface area contributed by atoms with E-state index in [2.05, 4.69) is 21.2 Å². The summed E-state index contributed by atoms with van der Waals surface area (Å²) in [4.78, 5) is 11.5. The van der Waals surface area contributed by atoms with Crippen LogP contribution in [0.2, 0.25) is 0 Å². The fourth-order valence-corrected chi connectivity index (χ4v) is 1.87. The second-order valence-corrected chi connectivity index (χ2v) is 5.18. The number of carbonyl (C=O) groups excluding carboxylic acids is 1. The van der Waals surface area contributed by atoms with Crippen LogP contribution in [-0.2, 0) is 11.2 Å². The largest absolute Gasteiger partial charge is 0.396 e. The van der Waals surface area contributed by atoms with Crippen LogP contribution >= 0.6 is 15.9 Å². The van der Waals surface area contributed by atoms with E-state index in [4.69, 9.17) is 5.11 Å². The molecule has 3 nitrogen and oxygen atoms in total. The lowest BCUT2D eigenvalue weighted by Crippen LogP contribution is -2.29. The lowest BCUT2D eigenvalue weighted by Gasteiger charge is -2.10. The summed E-state index contributed by atoms with van der Waals surface area (Å²) in [5, 5.41) is 11.6. The number of aliphatic hydroxyl groups excluding tert-OH is 1. The Morgan fingerprint density at radius 3 is 2.94 bits per heavy atom. The summed E-state index contributed by atoms with van der Waals surface area (Å²) < 4.78 is 13.8. The molecule has 1 aromatic carbocycles. The van der Waals surface area contributed by atoms with Gasteiger partial charge in [-0.15, -0.1) is 0 Å². The molecule has 1 rings (SSSR count). The summed E-state index contributed by atoms with van der Waals surface area (Å²) in [6, 6.07) is 4.43. The molecule has 0 aromatic heterocycles. The van der Waals surface area contributed by atoms with Crippen molar-refractivity contribution in [2.45, 2.75) is 19.8 Å². The van der Waals surface area contributed by atoms with Gasteiger partial charge in [0.25, 0.3) is 0 Å². The van der Waals surface area contributed by atoms with Crippen molar-refractivity contribution in [3.05, 3.63) is 34.1 Å². The van der Waals surface area contributed by atoms with E-state index in [-0.39, 0.29) is 24.2 Å². The molecule has 1 atom stereocenters. The number of amides is 1. The minimum Gasteiger partial charge on any atom is -0.396 e. The van der Waals surface area contributed by atoms with Crippen LogP contribution in [0.3, 0.4) is 0 Å². The number of hydrogen-bond donors (Lipinski definition) is 2. The van der Waals surface area contributed by atoms with Crippen molar-refractivity contribution in [3.63, 3.8) is 0 Å². The van der Waals surface area contributed by atoms with E-state index in [1.165, 1.54) is 12.1 Å². The smallest absolute Gasteiger partial charge is 0.220 e. The SMILES string of the molecule is CC(CO)CNC(=O)CCc1cc(F)ccc1Br. The highest BCUT2D eigenvalue weighted by atomic mass is 79.9. The topological polar surface area (TPSA) is 49.3 Å². The van der Waals surface area contributed by atoms with Crippen molar-refractivity contribution in [1.82, 2.24) is 5.32 Å². The standard InChI is InChI=1S/C13H17BrFNO2/c1-9(8-17)7-16-13(18)5-2-10-6-11(15)3-4-12(10)14/h3-4,6,9,17H,2,5,7-8H2,1H3,(H,16,18). The van der Waals surface area contributed by atoms with Gasteiger partial charge < -0.3 is 10.4 Å². The van der Waals surface area contributed by atoms with E-state index in [9.17, 15) is 9.18 Å². The number of halogens is 2. The van der Waals surface area contributed by atoms with Crippen molar-refractivity contribution in [2.75, 3.05) is 13.2 Å². The fraction of sp³-hybridized carbons (Fsp3) is 0.462. The van der Waals surface area contributed by atoms with Crippen molar-refractivity contribution in [2.24, 2.45) is 5.92 Å². The van der Waals surface area contributed by atoms with Gasteiger partial charge in [-0.05, 0) is 36.1 Å². The Balaban J connectivity index is 2.40. The van der Waals surface area contributed by atoms with Crippen LogP contribution in [-0.4, -0.2) is 24.2 Å². The lowest BCUT2D eigenvalue weighted by molar-refractivity contribution is -0.121. The van der Waals surface area contributed by atoms with Gasteiger partial charge in [0.1, 0.15) is 5.82 Å². The number of nitrogens with one attached hydrogen (secondary N) is 1. The van der Waals surface area contributed by atoms with Crippen molar-refractivity contribution in [1.29, 1.82) is 0 Å². The molecule has 0 aliphatic heterocycles. The molecule has 2 N–H and O–H groups in total. The van der Waals surface area contributed by atoms with Gasteiger partial charge in [-0.2, -0.15) is 0 Å². The molecule has 0 bridgehead atoms. The highest BCUT2D eigenvalue weighted by Gasteiger charge is 2.07. The number of carbonyl (C=O) groups is 1. The normalized spacial score (nSPS) is 12.2. The minimum atomic E-state index is -0.303. The molecular formula is C13H17BrFNO2. The van der Waals surface area contributed by atoms with E-state index < -0.39 is 0 Å². The Labute approximate surface area is 115 Å². The quantitative estimate of drug-likeness (QED) is 0.845. The summed E-state index contributed by atoms with van der Waals surface area (Å²) in [6.45, 7) is 2.36. The third kappa shape index (κ3) is 5.14. The molecule has 0 radical (unpaired) electrons. The maximum absolute atomic E-state index is 13.0. The molecule has 1 aromatic rings. The summed E-state index contributed by atoms with van der Waals surface area (Å²) in [6.07, 6.45) is 0.790. The van der Waals surface area contributed by atoms with Crippen LogP contribution in [0, 0.1) is 11.7 Å². The summed E-state index contributed by atoms with van der Waals surface area (Å²) in [5.41, 5.74) is 0.778. The number of hydrogen-bond acceptors (Lipinski definition) is 2. The highest BCUT2D eigenvalue weighted by Crippen LogP contribution is 2.19.